The molecule has 0 saturated heterocycles. The Bertz CT molecular complexity index is 960. The molecule has 0 fully saturated rings. The van der Waals surface area contributed by atoms with Gasteiger partial charge in [0.05, 0.1) is 18.6 Å². The molecule has 0 aliphatic carbocycles. The van der Waals surface area contributed by atoms with Gasteiger partial charge in [0.15, 0.2) is 11.9 Å². The van der Waals surface area contributed by atoms with Crippen molar-refractivity contribution in [3.63, 3.8) is 0 Å². The molecule has 1 aliphatic rings. The van der Waals surface area contributed by atoms with Crippen LogP contribution in [0.2, 0.25) is 0 Å². The number of anilines is 2. The molecule has 0 aromatic heterocycles. The molecule has 2 aromatic carbocycles. The minimum atomic E-state index is -0.544. The molecule has 1 atom stereocenters. The summed E-state index contributed by atoms with van der Waals surface area (Å²) in [6.45, 7) is 3.19. The van der Waals surface area contributed by atoms with Gasteiger partial charge in [-0.3, -0.25) is 14.4 Å². The van der Waals surface area contributed by atoms with Gasteiger partial charge in [-0.2, -0.15) is 0 Å². The maximum Gasteiger partial charge on any atom is 0.265 e. The Morgan fingerprint density at radius 1 is 1.24 bits per heavy atom. The van der Waals surface area contributed by atoms with Crippen LogP contribution in [0, 0.1) is 0 Å². The molecule has 0 bridgehead atoms. The summed E-state index contributed by atoms with van der Waals surface area (Å²) >= 11 is 1.42. The molecule has 152 valence electrons. The van der Waals surface area contributed by atoms with E-state index in [9.17, 15) is 14.4 Å². The average molecular weight is 414 g/mol. The molecule has 1 heterocycles. The van der Waals surface area contributed by atoms with E-state index in [-0.39, 0.29) is 23.4 Å². The number of carbonyl (C=O) groups is 3. The maximum atomic E-state index is 12.3. The molecule has 0 unspecified atom stereocenters. The van der Waals surface area contributed by atoms with Crippen LogP contribution in [0.1, 0.15) is 29.8 Å². The lowest BCUT2D eigenvalue weighted by Crippen LogP contribution is -2.34. The number of amides is 2. The van der Waals surface area contributed by atoms with E-state index < -0.39 is 6.10 Å². The van der Waals surface area contributed by atoms with Gasteiger partial charge < -0.3 is 20.1 Å². The summed E-state index contributed by atoms with van der Waals surface area (Å²) in [5.41, 5.74) is 2.58. The fourth-order valence-corrected chi connectivity index (χ4v) is 3.65. The van der Waals surface area contributed by atoms with Crippen molar-refractivity contribution in [2.24, 2.45) is 0 Å². The van der Waals surface area contributed by atoms with Gasteiger partial charge in [0, 0.05) is 22.6 Å². The molecule has 2 N–H and O–H groups in total. The summed E-state index contributed by atoms with van der Waals surface area (Å²) in [5, 5.41) is 5.56. The van der Waals surface area contributed by atoms with Crippen LogP contribution >= 0.6 is 11.8 Å². The number of fused-ring (bicyclic) bond motifs is 1. The molecule has 0 radical (unpaired) electrons. The van der Waals surface area contributed by atoms with Gasteiger partial charge in [-0.1, -0.05) is 0 Å². The van der Waals surface area contributed by atoms with Crippen molar-refractivity contribution in [1.82, 2.24) is 0 Å². The number of Topliss-reactive ketones (excluding diaryl/α,β-unsaturated/α-hetero) is 1. The number of hydrogen-bond donors (Lipinski definition) is 2. The SMILES string of the molecule is COc1ccc(C(C)=O)cc1CSCC(=O)Nc1ccc2c(c1)NC(=O)[C@@H](C)O2. The van der Waals surface area contributed by atoms with Gasteiger partial charge in [0.1, 0.15) is 11.5 Å². The number of hydrogen-bond acceptors (Lipinski definition) is 6. The van der Waals surface area contributed by atoms with Crippen LogP contribution in [0.5, 0.6) is 11.5 Å². The molecule has 7 nitrogen and oxygen atoms in total. The van der Waals surface area contributed by atoms with E-state index in [1.165, 1.54) is 18.7 Å². The normalized spacial score (nSPS) is 15.0. The van der Waals surface area contributed by atoms with E-state index in [1.807, 2.05) is 0 Å². The molecule has 2 amide bonds. The van der Waals surface area contributed by atoms with Gasteiger partial charge >= 0.3 is 0 Å². The van der Waals surface area contributed by atoms with Crippen molar-refractivity contribution in [2.75, 3.05) is 23.5 Å². The van der Waals surface area contributed by atoms with Crippen LogP contribution in [0.25, 0.3) is 0 Å². The van der Waals surface area contributed by atoms with Crippen LogP contribution in [0.4, 0.5) is 11.4 Å². The highest BCUT2D eigenvalue weighted by Crippen LogP contribution is 2.32. The monoisotopic (exact) mass is 414 g/mol. The van der Waals surface area contributed by atoms with Crippen molar-refractivity contribution in [2.45, 2.75) is 25.7 Å². The van der Waals surface area contributed by atoms with Crippen molar-refractivity contribution >= 4 is 40.7 Å². The molecule has 2 aromatic rings. The molecular formula is C21H22N2O5S. The van der Waals surface area contributed by atoms with E-state index in [0.717, 1.165) is 5.56 Å². The zero-order valence-corrected chi connectivity index (χ0v) is 17.2. The minimum absolute atomic E-state index is 0.0190. The first-order valence-electron chi connectivity index (χ1n) is 9.04. The molecular weight excluding hydrogens is 392 g/mol. The average Bonchev–Trinajstić information content (AvgIpc) is 2.69. The Kier molecular flexibility index (Phi) is 6.43. The first kappa shape index (κ1) is 20.7. The summed E-state index contributed by atoms with van der Waals surface area (Å²) in [5.74, 6) is 1.60. The molecule has 8 heteroatoms. The van der Waals surface area contributed by atoms with Crippen LogP contribution in [-0.4, -0.2) is 36.6 Å². The Morgan fingerprint density at radius 2 is 2.03 bits per heavy atom. The lowest BCUT2D eigenvalue weighted by molar-refractivity contribution is -0.122. The molecule has 3 rings (SSSR count). The summed E-state index contributed by atoms with van der Waals surface area (Å²) in [6, 6.07) is 10.4. The van der Waals surface area contributed by atoms with Crippen molar-refractivity contribution in [3.8, 4) is 11.5 Å². The lowest BCUT2D eigenvalue weighted by atomic mass is 10.1. The molecule has 1 aliphatic heterocycles. The van der Waals surface area contributed by atoms with Crippen LogP contribution < -0.4 is 20.1 Å². The third-order valence-electron chi connectivity index (χ3n) is 4.37. The van der Waals surface area contributed by atoms with Crippen molar-refractivity contribution in [1.29, 1.82) is 0 Å². The molecule has 0 spiro atoms. The third kappa shape index (κ3) is 5.08. The first-order chi connectivity index (χ1) is 13.9. The van der Waals surface area contributed by atoms with Gasteiger partial charge in [0.2, 0.25) is 5.91 Å². The second kappa shape index (κ2) is 9.00. The summed E-state index contributed by atoms with van der Waals surface area (Å²) < 4.78 is 10.8. The van der Waals surface area contributed by atoms with Crippen LogP contribution in [-0.2, 0) is 15.3 Å². The largest absolute Gasteiger partial charge is 0.496 e. The quantitative estimate of drug-likeness (QED) is 0.674. The van der Waals surface area contributed by atoms with Gasteiger partial charge in [-0.25, -0.2) is 0 Å². The Balaban J connectivity index is 1.57. The number of ether oxygens (including phenoxy) is 2. The predicted octanol–water partition coefficient (Wildman–Crippen LogP) is 3.49. The first-order valence-corrected chi connectivity index (χ1v) is 10.2. The van der Waals surface area contributed by atoms with Crippen molar-refractivity contribution < 1.29 is 23.9 Å². The highest BCUT2D eigenvalue weighted by molar-refractivity contribution is 7.99. The van der Waals surface area contributed by atoms with E-state index in [0.29, 0.717) is 34.2 Å². The maximum absolute atomic E-state index is 12.3. The predicted molar refractivity (Wildman–Crippen MR) is 113 cm³/mol. The van der Waals surface area contributed by atoms with Gasteiger partial charge in [-0.05, 0) is 50.2 Å². The van der Waals surface area contributed by atoms with Gasteiger partial charge in [-0.15, -0.1) is 11.8 Å². The summed E-state index contributed by atoms with van der Waals surface area (Å²) in [7, 11) is 1.57. The highest BCUT2D eigenvalue weighted by atomic mass is 32.2. The Morgan fingerprint density at radius 3 is 2.76 bits per heavy atom. The third-order valence-corrected chi connectivity index (χ3v) is 5.35. The van der Waals surface area contributed by atoms with Crippen LogP contribution in [0.15, 0.2) is 36.4 Å². The zero-order valence-electron chi connectivity index (χ0n) is 16.4. The second-order valence-electron chi connectivity index (χ2n) is 6.58. The smallest absolute Gasteiger partial charge is 0.265 e. The molecule has 29 heavy (non-hydrogen) atoms. The topological polar surface area (TPSA) is 93.7 Å². The van der Waals surface area contributed by atoms with E-state index in [1.54, 1.807) is 50.4 Å². The van der Waals surface area contributed by atoms with E-state index in [4.69, 9.17) is 9.47 Å². The number of ketones is 1. The number of methoxy groups -OCH3 is 1. The number of benzene rings is 2. The number of thioether (sulfide) groups is 1. The van der Waals surface area contributed by atoms with E-state index in [2.05, 4.69) is 10.6 Å². The zero-order chi connectivity index (χ0) is 21.0. The Hall–Kier alpha value is -3.00. The lowest BCUT2D eigenvalue weighted by Gasteiger charge is -2.23. The van der Waals surface area contributed by atoms with Crippen LogP contribution in [0.3, 0.4) is 0 Å². The number of carbonyl (C=O) groups excluding carboxylic acids is 3. The van der Waals surface area contributed by atoms with Gasteiger partial charge in [0.25, 0.3) is 5.91 Å². The number of rotatable bonds is 7. The second-order valence-corrected chi connectivity index (χ2v) is 7.57. The Labute approximate surface area is 173 Å². The molecule has 0 saturated carbocycles. The number of nitrogens with one attached hydrogen (secondary N) is 2. The van der Waals surface area contributed by atoms with E-state index >= 15 is 0 Å². The fourth-order valence-electron chi connectivity index (χ4n) is 2.85. The van der Waals surface area contributed by atoms with Crippen molar-refractivity contribution in [3.05, 3.63) is 47.5 Å². The fraction of sp³-hybridized carbons (Fsp3) is 0.286. The highest BCUT2D eigenvalue weighted by Gasteiger charge is 2.23. The standard InChI is InChI=1S/C21H22N2O5S/c1-12(24)14-4-6-18(27-3)15(8-14)10-29-11-20(25)22-16-5-7-19-17(9-16)23-21(26)13(2)28-19/h4-9,13H,10-11H2,1-3H3,(H,22,25)(H,23,26)/t13-/m1/s1. The summed E-state index contributed by atoms with van der Waals surface area (Å²) in [4.78, 5) is 35.6. The summed E-state index contributed by atoms with van der Waals surface area (Å²) in [6.07, 6.45) is -0.544. The minimum Gasteiger partial charge on any atom is -0.496 e.